The average molecular weight is 373 g/mol. The Hall–Kier alpha value is -1.88. The number of carbonyl (C=O) groups excluding carboxylic acids is 1. The molecule has 2 saturated heterocycles. The lowest BCUT2D eigenvalue weighted by Gasteiger charge is -2.35. The lowest BCUT2D eigenvalue weighted by atomic mass is 9.84. The summed E-state index contributed by atoms with van der Waals surface area (Å²) in [4.78, 5) is 25.9. The van der Waals surface area contributed by atoms with E-state index in [-0.39, 0.29) is 23.8 Å². The summed E-state index contributed by atoms with van der Waals surface area (Å²) in [5.74, 6) is -0.728. The van der Waals surface area contributed by atoms with Crippen molar-refractivity contribution in [2.45, 2.75) is 58.0 Å². The van der Waals surface area contributed by atoms with Gasteiger partial charge < -0.3 is 14.7 Å². The molecule has 2 fully saturated rings. The van der Waals surface area contributed by atoms with E-state index in [0.717, 1.165) is 24.8 Å². The number of nitrogens with zero attached hydrogens (tertiary/aromatic N) is 1. The van der Waals surface area contributed by atoms with Crippen LogP contribution in [0.15, 0.2) is 24.3 Å². The third kappa shape index (κ3) is 5.10. The molecule has 0 bridgehead atoms. The van der Waals surface area contributed by atoms with E-state index in [0.29, 0.717) is 32.5 Å². The zero-order valence-electron chi connectivity index (χ0n) is 16.2. The highest BCUT2D eigenvalue weighted by molar-refractivity contribution is 5.78. The fourth-order valence-electron chi connectivity index (χ4n) is 4.31. The predicted molar refractivity (Wildman–Crippen MR) is 104 cm³/mol. The van der Waals surface area contributed by atoms with Crippen molar-refractivity contribution in [2.75, 3.05) is 19.7 Å². The van der Waals surface area contributed by atoms with Crippen LogP contribution in [0.25, 0.3) is 0 Å². The Balaban J connectivity index is 1.48. The molecule has 0 radical (unpaired) electrons. The van der Waals surface area contributed by atoms with E-state index in [1.165, 1.54) is 18.4 Å². The van der Waals surface area contributed by atoms with Crippen LogP contribution in [0, 0.1) is 11.8 Å². The minimum Gasteiger partial charge on any atom is -0.481 e. The van der Waals surface area contributed by atoms with Crippen molar-refractivity contribution in [1.29, 1.82) is 0 Å². The van der Waals surface area contributed by atoms with Crippen molar-refractivity contribution in [2.24, 2.45) is 11.8 Å². The van der Waals surface area contributed by atoms with Crippen molar-refractivity contribution in [3.05, 3.63) is 35.4 Å². The predicted octanol–water partition coefficient (Wildman–Crippen LogP) is 3.30. The van der Waals surface area contributed by atoms with Crippen LogP contribution < -0.4 is 0 Å². The molecule has 1 aromatic rings. The normalized spacial score (nSPS) is 23.5. The van der Waals surface area contributed by atoms with E-state index < -0.39 is 5.97 Å². The van der Waals surface area contributed by atoms with Crippen LogP contribution in [0.3, 0.4) is 0 Å². The van der Waals surface area contributed by atoms with Crippen molar-refractivity contribution in [3.63, 3.8) is 0 Å². The van der Waals surface area contributed by atoms with Gasteiger partial charge in [-0.2, -0.15) is 0 Å². The number of aliphatic carboxylic acids is 1. The van der Waals surface area contributed by atoms with E-state index in [2.05, 4.69) is 31.2 Å². The number of aryl methyl sites for hydroxylation is 1. The second-order valence-corrected chi connectivity index (χ2v) is 7.88. The summed E-state index contributed by atoms with van der Waals surface area (Å²) in [6.45, 7) is 4.13. The van der Waals surface area contributed by atoms with E-state index in [4.69, 9.17) is 4.74 Å². The van der Waals surface area contributed by atoms with Gasteiger partial charge in [-0.05, 0) is 49.1 Å². The van der Waals surface area contributed by atoms with Crippen LogP contribution >= 0.6 is 0 Å². The first-order valence-corrected chi connectivity index (χ1v) is 10.3. The van der Waals surface area contributed by atoms with Gasteiger partial charge in [-0.15, -0.1) is 0 Å². The molecule has 2 aliphatic heterocycles. The Morgan fingerprint density at radius 3 is 2.41 bits per heavy atom. The Morgan fingerprint density at radius 1 is 1.11 bits per heavy atom. The van der Waals surface area contributed by atoms with Crippen molar-refractivity contribution >= 4 is 11.9 Å². The van der Waals surface area contributed by atoms with Crippen LogP contribution in [0.5, 0.6) is 0 Å². The van der Waals surface area contributed by atoms with E-state index in [1.807, 2.05) is 4.90 Å². The maximum atomic E-state index is 12.6. The van der Waals surface area contributed by atoms with Gasteiger partial charge in [-0.25, -0.2) is 0 Å². The molecule has 5 nitrogen and oxygen atoms in total. The molecule has 0 spiro atoms. The largest absolute Gasteiger partial charge is 0.481 e. The lowest BCUT2D eigenvalue weighted by molar-refractivity contribution is -0.145. The molecule has 0 saturated carbocycles. The fourth-order valence-corrected chi connectivity index (χ4v) is 4.31. The molecule has 1 N–H and O–H groups in total. The molecule has 5 heteroatoms. The Labute approximate surface area is 161 Å². The number of carboxylic acids is 1. The van der Waals surface area contributed by atoms with Crippen molar-refractivity contribution < 1.29 is 19.4 Å². The highest BCUT2D eigenvalue weighted by Gasteiger charge is 2.40. The molecule has 148 valence electrons. The maximum absolute atomic E-state index is 12.6. The third-order valence-electron chi connectivity index (χ3n) is 6.01. The summed E-state index contributed by atoms with van der Waals surface area (Å²) in [5.41, 5.74) is 2.39. The molecule has 2 heterocycles. The number of rotatable bonds is 7. The van der Waals surface area contributed by atoms with Gasteiger partial charge in [0.15, 0.2) is 0 Å². The zero-order chi connectivity index (χ0) is 19.2. The number of piperidine rings is 1. The number of benzene rings is 1. The van der Waals surface area contributed by atoms with Crippen LogP contribution in [0.1, 0.15) is 50.2 Å². The van der Waals surface area contributed by atoms with Crippen molar-refractivity contribution in [1.82, 2.24) is 4.90 Å². The van der Waals surface area contributed by atoms with E-state index in [9.17, 15) is 14.7 Å². The maximum Gasteiger partial charge on any atom is 0.309 e. The van der Waals surface area contributed by atoms with Gasteiger partial charge in [-0.3, -0.25) is 9.59 Å². The molecule has 1 unspecified atom stereocenters. The highest BCUT2D eigenvalue weighted by Crippen LogP contribution is 2.33. The summed E-state index contributed by atoms with van der Waals surface area (Å²) in [7, 11) is 0. The number of amides is 1. The minimum atomic E-state index is -0.751. The van der Waals surface area contributed by atoms with E-state index >= 15 is 0 Å². The number of unbranched alkanes of at least 4 members (excludes halogenated alkanes) is 1. The molecule has 1 aromatic carbocycles. The molecule has 2 aliphatic rings. The van der Waals surface area contributed by atoms with Crippen LogP contribution in [0.4, 0.5) is 0 Å². The molecule has 3 rings (SSSR count). The molecule has 27 heavy (non-hydrogen) atoms. The van der Waals surface area contributed by atoms with Gasteiger partial charge in [0.05, 0.1) is 18.4 Å². The fraction of sp³-hybridized carbons (Fsp3) is 0.636. The van der Waals surface area contributed by atoms with Crippen LogP contribution in [-0.2, 0) is 27.2 Å². The Kier molecular flexibility index (Phi) is 6.89. The summed E-state index contributed by atoms with van der Waals surface area (Å²) >= 11 is 0. The summed E-state index contributed by atoms with van der Waals surface area (Å²) in [5, 5.41) is 9.34. The van der Waals surface area contributed by atoms with Crippen LogP contribution in [0.2, 0.25) is 0 Å². The van der Waals surface area contributed by atoms with Crippen LogP contribution in [-0.4, -0.2) is 47.7 Å². The zero-order valence-corrected chi connectivity index (χ0v) is 16.2. The van der Waals surface area contributed by atoms with Gasteiger partial charge >= 0.3 is 5.97 Å². The molecule has 0 aromatic heterocycles. The Morgan fingerprint density at radius 2 is 1.78 bits per heavy atom. The second kappa shape index (κ2) is 9.36. The number of hydrogen-bond donors (Lipinski definition) is 1. The number of ether oxygens (including phenoxy) is 1. The summed E-state index contributed by atoms with van der Waals surface area (Å²) in [6.07, 6.45) is 6.00. The second-order valence-electron chi connectivity index (χ2n) is 7.88. The molecular weight excluding hydrogens is 342 g/mol. The van der Waals surface area contributed by atoms with Gasteiger partial charge in [0.1, 0.15) is 0 Å². The first kappa shape index (κ1) is 19.9. The summed E-state index contributed by atoms with van der Waals surface area (Å²) in [6, 6.07) is 8.40. The number of hydrogen-bond acceptors (Lipinski definition) is 3. The van der Waals surface area contributed by atoms with E-state index in [1.54, 1.807) is 0 Å². The minimum absolute atomic E-state index is 0.164. The summed E-state index contributed by atoms with van der Waals surface area (Å²) < 4.78 is 5.71. The smallest absolute Gasteiger partial charge is 0.309 e. The molecule has 2 atom stereocenters. The number of carboxylic acid groups (broad SMARTS) is 1. The monoisotopic (exact) mass is 373 g/mol. The topological polar surface area (TPSA) is 66.8 Å². The molecular formula is C22H31NO4. The number of carbonyl (C=O) groups is 2. The Bertz CT molecular complexity index is 634. The van der Waals surface area contributed by atoms with Crippen molar-refractivity contribution in [3.8, 4) is 0 Å². The van der Waals surface area contributed by atoms with Gasteiger partial charge in [0, 0.05) is 19.7 Å². The first-order chi connectivity index (χ1) is 13.1. The van der Waals surface area contributed by atoms with Gasteiger partial charge in [0.2, 0.25) is 5.91 Å². The quantitative estimate of drug-likeness (QED) is 0.796. The average Bonchev–Trinajstić information content (AvgIpc) is 3.18. The lowest BCUT2D eigenvalue weighted by Crippen LogP contribution is -2.43. The highest BCUT2D eigenvalue weighted by atomic mass is 16.5. The van der Waals surface area contributed by atoms with Gasteiger partial charge in [-0.1, -0.05) is 37.6 Å². The molecule has 1 amide bonds. The van der Waals surface area contributed by atoms with Gasteiger partial charge in [0.25, 0.3) is 0 Å². The first-order valence-electron chi connectivity index (χ1n) is 10.3. The molecule has 0 aliphatic carbocycles. The third-order valence-corrected chi connectivity index (χ3v) is 6.01. The SMILES string of the molecule is CCCCc1ccc(CC(=O)N2CCC([C@@H]3OCCC3C(=O)O)CC2)cc1. The standard InChI is InChI=1S/C22H31NO4/c1-2-3-4-16-5-7-17(8-6-16)15-20(24)23-12-9-18(10-13-23)21-19(22(25)26)11-14-27-21/h5-8,18-19,21H,2-4,9-15H2,1H3,(H,25,26)/t19?,21-/m0/s1. The number of likely N-dealkylation sites (tertiary alicyclic amines) is 1.